The van der Waals surface area contributed by atoms with Crippen molar-refractivity contribution in [3.8, 4) is 0 Å². The first-order chi connectivity index (χ1) is 13.1. The van der Waals surface area contributed by atoms with Gasteiger partial charge in [-0.1, -0.05) is 24.3 Å². The second-order valence-corrected chi connectivity index (χ2v) is 6.13. The zero-order valence-corrected chi connectivity index (χ0v) is 16.0. The highest BCUT2D eigenvalue weighted by Crippen LogP contribution is 2.19. The third kappa shape index (κ3) is 5.91. The Morgan fingerprint density at radius 3 is 2.15 bits per heavy atom. The topological polar surface area (TPSA) is 67.9 Å². The maximum atomic E-state index is 12.9. The van der Waals surface area contributed by atoms with Crippen molar-refractivity contribution in [2.24, 2.45) is 0 Å². The molecule has 0 unspecified atom stereocenters. The van der Waals surface area contributed by atoms with Gasteiger partial charge in [0.15, 0.2) is 0 Å². The third-order valence-corrected chi connectivity index (χ3v) is 4.19. The minimum Gasteiger partial charge on any atom is -0.383 e. The molecule has 1 N–H and O–H groups in total. The van der Waals surface area contributed by atoms with Gasteiger partial charge in [-0.3, -0.25) is 9.59 Å². The lowest BCUT2D eigenvalue weighted by Gasteiger charge is -2.22. The normalized spacial score (nSPS) is 10.5. The summed E-state index contributed by atoms with van der Waals surface area (Å²) < 4.78 is 10.2. The van der Waals surface area contributed by atoms with E-state index in [0.717, 1.165) is 5.56 Å². The molecule has 2 amide bonds. The molecule has 2 aromatic carbocycles. The molecule has 6 heteroatoms. The van der Waals surface area contributed by atoms with Gasteiger partial charge in [0.1, 0.15) is 0 Å². The maximum Gasteiger partial charge on any atom is 0.255 e. The molecule has 2 rings (SSSR count). The Morgan fingerprint density at radius 1 is 0.926 bits per heavy atom. The van der Waals surface area contributed by atoms with Gasteiger partial charge in [-0.15, -0.1) is 0 Å². The van der Waals surface area contributed by atoms with Crippen molar-refractivity contribution in [1.82, 2.24) is 4.90 Å². The van der Waals surface area contributed by atoms with E-state index in [1.807, 2.05) is 31.2 Å². The summed E-state index contributed by atoms with van der Waals surface area (Å²) in [5, 5.41) is 2.89. The molecule has 0 aliphatic carbocycles. The lowest BCUT2D eigenvalue weighted by Crippen LogP contribution is -2.36. The number of hydrogen-bond acceptors (Lipinski definition) is 4. The zero-order chi connectivity index (χ0) is 19.6. The van der Waals surface area contributed by atoms with Gasteiger partial charge in [0.25, 0.3) is 11.8 Å². The molecule has 6 nitrogen and oxygen atoms in total. The fraction of sp³-hybridized carbons (Fsp3) is 0.333. The van der Waals surface area contributed by atoms with Gasteiger partial charge in [0, 0.05) is 44.1 Å². The molecule has 0 radical (unpaired) electrons. The summed E-state index contributed by atoms with van der Waals surface area (Å²) in [6.07, 6.45) is 0. The van der Waals surface area contributed by atoms with Gasteiger partial charge in [-0.05, 0) is 36.8 Å². The molecular formula is C21H26N2O4. The summed E-state index contributed by atoms with van der Waals surface area (Å²) in [6, 6.07) is 14.3. The number of hydrogen-bond donors (Lipinski definition) is 1. The van der Waals surface area contributed by atoms with Crippen molar-refractivity contribution >= 4 is 17.5 Å². The number of ether oxygens (including phenoxy) is 2. The van der Waals surface area contributed by atoms with E-state index in [2.05, 4.69) is 5.32 Å². The van der Waals surface area contributed by atoms with Crippen LogP contribution in [0.4, 0.5) is 5.69 Å². The number of nitrogens with one attached hydrogen (secondary N) is 1. The van der Waals surface area contributed by atoms with Crippen molar-refractivity contribution < 1.29 is 19.1 Å². The van der Waals surface area contributed by atoms with Gasteiger partial charge < -0.3 is 19.7 Å². The Bertz CT molecular complexity index is 754. The Labute approximate surface area is 160 Å². The summed E-state index contributed by atoms with van der Waals surface area (Å²) in [5.74, 6) is -0.335. The van der Waals surface area contributed by atoms with Gasteiger partial charge in [-0.25, -0.2) is 0 Å². The van der Waals surface area contributed by atoms with Crippen LogP contribution in [0.2, 0.25) is 0 Å². The molecule has 0 heterocycles. The highest BCUT2D eigenvalue weighted by molar-refractivity contribution is 6.05. The van der Waals surface area contributed by atoms with Crippen LogP contribution in [-0.4, -0.2) is 57.2 Å². The lowest BCUT2D eigenvalue weighted by molar-refractivity contribution is 0.0627. The minimum atomic E-state index is -0.209. The first-order valence-corrected chi connectivity index (χ1v) is 8.81. The average Bonchev–Trinajstić information content (AvgIpc) is 2.70. The number of carbonyl (C=O) groups excluding carboxylic acids is 2. The molecule has 0 saturated heterocycles. The number of aryl methyl sites for hydroxylation is 1. The van der Waals surface area contributed by atoms with Crippen LogP contribution in [-0.2, 0) is 9.47 Å². The van der Waals surface area contributed by atoms with Crippen molar-refractivity contribution in [3.63, 3.8) is 0 Å². The number of carbonyl (C=O) groups is 2. The molecule has 0 aromatic heterocycles. The monoisotopic (exact) mass is 370 g/mol. The minimum absolute atomic E-state index is 0.126. The van der Waals surface area contributed by atoms with Gasteiger partial charge in [0.05, 0.1) is 13.2 Å². The van der Waals surface area contributed by atoms with Crippen LogP contribution in [0, 0.1) is 6.92 Å². The highest BCUT2D eigenvalue weighted by Gasteiger charge is 2.17. The Morgan fingerprint density at radius 2 is 1.56 bits per heavy atom. The van der Waals surface area contributed by atoms with Gasteiger partial charge in [-0.2, -0.15) is 0 Å². The average molecular weight is 370 g/mol. The second-order valence-electron chi connectivity index (χ2n) is 6.13. The molecule has 27 heavy (non-hydrogen) atoms. The second kappa shape index (κ2) is 10.4. The molecule has 0 spiro atoms. The van der Waals surface area contributed by atoms with E-state index in [4.69, 9.17) is 9.47 Å². The number of methoxy groups -OCH3 is 2. The standard InChI is InChI=1S/C21H26N2O4/c1-16-9-10-18(21(25)23(11-13-26-2)12-14-27-3)15-19(16)22-20(24)17-7-5-4-6-8-17/h4-10,15H,11-14H2,1-3H3,(H,22,24). The van der Waals surface area contributed by atoms with E-state index in [9.17, 15) is 9.59 Å². The van der Waals surface area contributed by atoms with E-state index in [1.165, 1.54) is 0 Å². The van der Waals surface area contributed by atoms with Crippen LogP contribution in [0.5, 0.6) is 0 Å². The largest absolute Gasteiger partial charge is 0.383 e. The van der Waals surface area contributed by atoms with Crippen LogP contribution in [0.25, 0.3) is 0 Å². The van der Waals surface area contributed by atoms with E-state index in [-0.39, 0.29) is 11.8 Å². The Balaban J connectivity index is 2.18. The smallest absolute Gasteiger partial charge is 0.255 e. The third-order valence-electron chi connectivity index (χ3n) is 4.19. The van der Waals surface area contributed by atoms with Crippen LogP contribution < -0.4 is 5.32 Å². The summed E-state index contributed by atoms with van der Waals surface area (Å²) in [7, 11) is 3.20. The fourth-order valence-corrected chi connectivity index (χ4v) is 2.57. The van der Waals surface area contributed by atoms with Gasteiger partial charge in [0.2, 0.25) is 0 Å². The Hall–Kier alpha value is -2.70. The van der Waals surface area contributed by atoms with Crippen molar-refractivity contribution in [2.75, 3.05) is 45.8 Å². The zero-order valence-electron chi connectivity index (χ0n) is 16.0. The van der Waals surface area contributed by atoms with E-state index < -0.39 is 0 Å². The van der Waals surface area contributed by atoms with E-state index in [0.29, 0.717) is 43.1 Å². The first kappa shape index (κ1) is 20.6. The number of nitrogens with zero attached hydrogens (tertiary/aromatic N) is 1. The Kier molecular flexibility index (Phi) is 7.98. The van der Waals surface area contributed by atoms with Crippen LogP contribution in [0.15, 0.2) is 48.5 Å². The highest BCUT2D eigenvalue weighted by atomic mass is 16.5. The van der Waals surface area contributed by atoms with Crippen LogP contribution >= 0.6 is 0 Å². The maximum absolute atomic E-state index is 12.9. The molecule has 0 aliphatic rings. The van der Waals surface area contributed by atoms with Crippen molar-refractivity contribution in [3.05, 3.63) is 65.2 Å². The summed E-state index contributed by atoms with van der Waals surface area (Å²) in [5.41, 5.74) is 2.58. The predicted molar refractivity (Wildman–Crippen MR) is 105 cm³/mol. The summed E-state index contributed by atoms with van der Waals surface area (Å²) in [4.78, 5) is 27.0. The molecule has 2 aromatic rings. The molecule has 0 saturated carbocycles. The molecule has 0 aliphatic heterocycles. The van der Waals surface area contributed by atoms with E-state index in [1.54, 1.807) is 43.4 Å². The van der Waals surface area contributed by atoms with Crippen LogP contribution in [0.3, 0.4) is 0 Å². The number of anilines is 1. The summed E-state index contributed by atoms with van der Waals surface area (Å²) in [6.45, 7) is 3.72. The lowest BCUT2D eigenvalue weighted by atomic mass is 10.1. The SMILES string of the molecule is COCCN(CCOC)C(=O)c1ccc(C)c(NC(=O)c2ccccc2)c1. The fourth-order valence-electron chi connectivity index (χ4n) is 2.57. The summed E-state index contributed by atoms with van der Waals surface area (Å²) >= 11 is 0. The quantitative estimate of drug-likeness (QED) is 0.737. The number of benzene rings is 2. The van der Waals surface area contributed by atoms with Gasteiger partial charge >= 0.3 is 0 Å². The number of amides is 2. The molecule has 0 bridgehead atoms. The van der Waals surface area contributed by atoms with Crippen LogP contribution in [0.1, 0.15) is 26.3 Å². The number of rotatable bonds is 9. The van der Waals surface area contributed by atoms with Crippen molar-refractivity contribution in [2.45, 2.75) is 6.92 Å². The van der Waals surface area contributed by atoms with Crippen molar-refractivity contribution in [1.29, 1.82) is 0 Å². The first-order valence-electron chi connectivity index (χ1n) is 8.81. The molecular weight excluding hydrogens is 344 g/mol. The molecule has 0 atom stereocenters. The predicted octanol–water partition coefficient (Wildman–Crippen LogP) is 2.98. The molecule has 0 fully saturated rings. The molecule has 144 valence electrons. The van der Waals surface area contributed by atoms with E-state index >= 15 is 0 Å².